The highest BCUT2D eigenvalue weighted by molar-refractivity contribution is 4.97. The Balaban J connectivity index is 3.03. The Morgan fingerprint density at radius 1 is 1.38 bits per heavy atom. The van der Waals surface area contributed by atoms with E-state index >= 15 is 0 Å². The molecule has 0 amide bonds. The molecule has 0 unspecified atom stereocenters. The summed E-state index contributed by atoms with van der Waals surface area (Å²) in [5, 5.41) is 0. The van der Waals surface area contributed by atoms with Crippen molar-refractivity contribution in [3.63, 3.8) is 0 Å². The molecule has 2 nitrogen and oxygen atoms in total. The predicted octanol–water partition coefficient (Wildman–Crippen LogP) is 0.798. The Kier molecular flexibility index (Phi) is 1.20. The normalized spacial score (nSPS) is 9.25. The molecule has 0 bridgehead atoms. The minimum Gasteiger partial charge on any atom is -0.255 e. The molecule has 1 aromatic heterocycles. The summed E-state index contributed by atoms with van der Waals surface area (Å²) >= 11 is 0. The topological polar surface area (TPSA) is 25.8 Å². The summed E-state index contributed by atoms with van der Waals surface area (Å²) in [5.41, 5.74) is 0.478. The van der Waals surface area contributed by atoms with Crippen molar-refractivity contribution in [1.29, 1.82) is 0 Å². The van der Waals surface area contributed by atoms with Gasteiger partial charge >= 0.3 is 0 Å². The van der Waals surface area contributed by atoms with E-state index in [4.69, 9.17) is 0 Å². The fourth-order valence-electron chi connectivity index (χ4n) is 0.339. The number of halogens is 1. The molecule has 1 heterocycles. The Labute approximate surface area is 46.4 Å². The maximum Gasteiger partial charge on any atom is 0.231 e. The van der Waals surface area contributed by atoms with Gasteiger partial charge < -0.3 is 0 Å². The van der Waals surface area contributed by atoms with E-state index in [1.165, 1.54) is 6.20 Å². The zero-order valence-corrected chi connectivity index (χ0v) is 4.13. The van der Waals surface area contributed by atoms with Gasteiger partial charge in [0, 0.05) is 0 Å². The largest absolute Gasteiger partial charge is 0.255 e. The van der Waals surface area contributed by atoms with E-state index in [-0.39, 0.29) is 0 Å². The van der Waals surface area contributed by atoms with E-state index < -0.39 is 5.95 Å². The van der Waals surface area contributed by atoms with Gasteiger partial charge in [-0.3, -0.25) is 4.98 Å². The number of aromatic nitrogens is 2. The van der Waals surface area contributed by atoms with Crippen LogP contribution in [0.15, 0.2) is 12.4 Å². The summed E-state index contributed by atoms with van der Waals surface area (Å²) in [6.07, 6.45) is 2.30. The lowest BCUT2D eigenvalue weighted by Crippen LogP contribution is -1.85. The predicted molar refractivity (Wildman–Crippen MR) is 26.4 cm³/mol. The molecule has 1 aromatic rings. The van der Waals surface area contributed by atoms with Gasteiger partial charge in [-0.2, -0.15) is 4.39 Å². The zero-order valence-electron chi connectivity index (χ0n) is 4.13. The zero-order chi connectivity index (χ0) is 5.98. The molecule has 0 aliphatic heterocycles. The number of hydrogen-bond donors (Lipinski definition) is 0. The third-order valence-corrected chi connectivity index (χ3v) is 0.674. The monoisotopic (exact) mass is 111 g/mol. The highest BCUT2D eigenvalue weighted by Gasteiger charge is 1.86. The van der Waals surface area contributed by atoms with Crippen LogP contribution in [-0.4, -0.2) is 9.97 Å². The first-order valence-corrected chi connectivity index (χ1v) is 2.08. The smallest absolute Gasteiger partial charge is 0.231 e. The third kappa shape index (κ3) is 0.992. The van der Waals surface area contributed by atoms with Crippen LogP contribution in [-0.2, 0) is 0 Å². The van der Waals surface area contributed by atoms with Crippen LogP contribution in [0.3, 0.4) is 0 Å². The van der Waals surface area contributed by atoms with Crippen LogP contribution in [0, 0.1) is 12.9 Å². The van der Waals surface area contributed by atoms with Crippen molar-refractivity contribution in [3.8, 4) is 0 Å². The maximum atomic E-state index is 11.9. The van der Waals surface area contributed by atoms with E-state index in [9.17, 15) is 4.39 Å². The van der Waals surface area contributed by atoms with Gasteiger partial charge in [-0.05, 0) is 6.92 Å². The fraction of sp³-hybridized carbons (Fsp3) is 0. The molecule has 0 aliphatic carbocycles. The van der Waals surface area contributed by atoms with Gasteiger partial charge in [-0.15, -0.1) is 0 Å². The van der Waals surface area contributed by atoms with Gasteiger partial charge in [0.15, 0.2) is 0 Å². The molecule has 0 aromatic carbocycles. The van der Waals surface area contributed by atoms with Gasteiger partial charge in [-0.25, -0.2) is 4.98 Å². The van der Waals surface area contributed by atoms with Crippen LogP contribution in [0.4, 0.5) is 4.39 Å². The molecule has 3 heteroatoms. The molecule has 0 saturated carbocycles. The highest BCUT2D eigenvalue weighted by atomic mass is 19.1. The van der Waals surface area contributed by atoms with Gasteiger partial charge in [-0.1, -0.05) is 0 Å². The molecule has 0 saturated heterocycles. The third-order valence-electron chi connectivity index (χ3n) is 0.674. The van der Waals surface area contributed by atoms with Crippen LogP contribution < -0.4 is 0 Å². The van der Waals surface area contributed by atoms with E-state index in [0.717, 1.165) is 6.20 Å². The number of rotatable bonds is 0. The van der Waals surface area contributed by atoms with Gasteiger partial charge in [0.05, 0.1) is 18.1 Å². The summed E-state index contributed by atoms with van der Waals surface area (Å²) in [4.78, 5) is 6.82. The van der Waals surface area contributed by atoms with Gasteiger partial charge in [0.2, 0.25) is 5.95 Å². The summed E-state index contributed by atoms with van der Waals surface area (Å²) in [7, 11) is 0. The number of nitrogens with zero attached hydrogens (tertiary/aromatic N) is 2. The molecule has 1 radical (unpaired) electrons. The standard InChI is InChI=1S/C5H4FN2/c1-4-2-8-5(6)3-7-4/h2-3H,1H2. The van der Waals surface area contributed by atoms with Crippen molar-refractivity contribution >= 4 is 0 Å². The van der Waals surface area contributed by atoms with Crippen molar-refractivity contribution in [1.82, 2.24) is 9.97 Å². The molecule has 0 spiro atoms. The van der Waals surface area contributed by atoms with Crippen LogP contribution >= 0.6 is 0 Å². The second-order valence-electron chi connectivity index (χ2n) is 1.33. The molecule has 0 aliphatic rings. The average Bonchev–Trinajstić information content (AvgIpc) is 1.77. The van der Waals surface area contributed by atoms with Gasteiger partial charge in [0.1, 0.15) is 0 Å². The second kappa shape index (κ2) is 1.86. The van der Waals surface area contributed by atoms with E-state index in [2.05, 4.69) is 16.9 Å². The Morgan fingerprint density at radius 3 is 2.50 bits per heavy atom. The van der Waals surface area contributed by atoms with Crippen LogP contribution in [0.5, 0.6) is 0 Å². The Hall–Kier alpha value is -0.990. The summed E-state index contributed by atoms with van der Waals surface area (Å²) < 4.78 is 11.9. The summed E-state index contributed by atoms with van der Waals surface area (Å²) in [6.45, 7) is 3.42. The SMILES string of the molecule is [CH2]c1cnc(F)cn1. The molecular formula is C5H4FN2. The van der Waals surface area contributed by atoms with Crippen LogP contribution in [0.25, 0.3) is 0 Å². The van der Waals surface area contributed by atoms with Crippen LogP contribution in [0.2, 0.25) is 0 Å². The first-order valence-electron chi connectivity index (χ1n) is 2.08. The Bertz CT molecular complexity index is 149. The Morgan fingerprint density at radius 2 is 2.12 bits per heavy atom. The fourth-order valence-corrected chi connectivity index (χ4v) is 0.339. The maximum absolute atomic E-state index is 11.9. The first kappa shape index (κ1) is 5.15. The van der Waals surface area contributed by atoms with Gasteiger partial charge in [0.25, 0.3) is 0 Å². The van der Waals surface area contributed by atoms with E-state index in [1.807, 2.05) is 0 Å². The van der Waals surface area contributed by atoms with Crippen molar-refractivity contribution in [2.75, 3.05) is 0 Å². The summed E-state index contributed by atoms with van der Waals surface area (Å²) in [6, 6.07) is 0. The lowest BCUT2D eigenvalue weighted by atomic mass is 10.5. The number of hydrogen-bond acceptors (Lipinski definition) is 2. The minimum absolute atomic E-state index is 0.478. The highest BCUT2D eigenvalue weighted by Crippen LogP contribution is 1.88. The quantitative estimate of drug-likeness (QED) is 0.494. The molecule has 0 fully saturated rings. The first-order chi connectivity index (χ1) is 3.79. The second-order valence-corrected chi connectivity index (χ2v) is 1.33. The average molecular weight is 111 g/mol. The molecular weight excluding hydrogens is 107 g/mol. The molecule has 1 rings (SSSR count). The van der Waals surface area contributed by atoms with Crippen molar-refractivity contribution in [2.45, 2.75) is 0 Å². The molecule has 0 atom stereocenters. The minimum atomic E-state index is -0.572. The van der Waals surface area contributed by atoms with E-state index in [1.54, 1.807) is 0 Å². The summed E-state index contributed by atoms with van der Waals surface area (Å²) in [5.74, 6) is -0.572. The lowest BCUT2D eigenvalue weighted by Gasteiger charge is -1.85. The van der Waals surface area contributed by atoms with Crippen LogP contribution in [0.1, 0.15) is 5.69 Å². The van der Waals surface area contributed by atoms with E-state index in [0.29, 0.717) is 5.69 Å². The van der Waals surface area contributed by atoms with Crippen molar-refractivity contribution in [3.05, 3.63) is 31.0 Å². The molecule has 8 heavy (non-hydrogen) atoms. The van der Waals surface area contributed by atoms with Crippen molar-refractivity contribution < 1.29 is 4.39 Å². The van der Waals surface area contributed by atoms with Crippen molar-refractivity contribution in [2.24, 2.45) is 0 Å². The lowest BCUT2D eigenvalue weighted by molar-refractivity contribution is 0.575. The molecule has 0 N–H and O–H groups in total. The molecule has 41 valence electrons.